The molecule has 1 saturated carbocycles. The van der Waals surface area contributed by atoms with Crippen molar-refractivity contribution in [3.8, 4) is 5.75 Å². The fraction of sp³-hybridized carbons (Fsp3) is 0.320. The Kier molecular flexibility index (Phi) is 6.72. The van der Waals surface area contributed by atoms with Gasteiger partial charge >= 0.3 is 0 Å². The van der Waals surface area contributed by atoms with Crippen molar-refractivity contribution in [1.29, 1.82) is 0 Å². The zero-order chi connectivity index (χ0) is 24.2. The molecule has 34 heavy (non-hydrogen) atoms. The Labute approximate surface area is 197 Å². The largest absolute Gasteiger partial charge is 0.495 e. The molecule has 2 aromatic carbocycles. The molecule has 3 aromatic rings. The summed E-state index contributed by atoms with van der Waals surface area (Å²) < 4.78 is 5.47. The Morgan fingerprint density at radius 3 is 2.56 bits per heavy atom. The molecule has 0 atom stereocenters. The first-order valence-corrected chi connectivity index (χ1v) is 11.2. The summed E-state index contributed by atoms with van der Waals surface area (Å²) in [7, 11) is 1.52. The van der Waals surface area contributed by atoms with Crippen LogP contribution in [0.3, 0.4) is 0 Å². The van der Waals surface area contributed by atoms with E-state index in [1.807, 2.05) is 13.8 Å². The first kappa shape index (κ1) is 23.2. The predicted octanol–water partition coefficient (Wildman–Crippen LogP) is 3.66. The number of nitrogens with one attached hydrogen (secondary N) is 3. The highest BCUT2D eigenvalue weighted by atomic mass is 16.5. The maximum absolute atomic E-state index is 12.6. The van der Waals surface area contributed by atoms with Crippen LogP contribution in [0.25, 0.3) is 6.08 Å². The van der Waals surface area contributed by atoms with Crippen molar-refractivity contribution in [2.24, 2.45) is 0 Å². The van der Waals surface area contributed by atoms with E-state index >= 15 is 0 Å². The van der Waals surface area contributed by atoms with E-state index in [0.29, 0.717) is 28.4 Å². The van der Waals surface area contributed by atoms with Crippen LogP contribution in [0.2, 0.25) is 0 Å². The average Bonchev–Trinajstić information content (AvgIpc) is 3.34. The zero-order valence-corrected chi connectivity index (χ0v) is 19.4. The summed E-state index contributed by atoms with van der Waals surface area (Å²) in [5.74, 6) is 0.960. The van der Waals surface area contributed by atoms with E-state index in [9.17, 15) is 14.4 Å². The summed E-state index contributed by atoms with van der Waals surface area (Å²) >= 11 is 0. The molecule has 1 fully saturated rings. The molecule has 0 aliphatic heterocycles. The van der Waals surface area contributed by atoms with Crippen LogP contribution in [0.5, 0.6) is 5.75 Å². The molecule has 1 aliphatic rings. The lowest BCUT2D eigenvalue weighted by molar-refractivity contribution is 0.0937. The number of hydrogen-bond acceptors (Lipinski definition) is 8. The Morgan fingerprint density at radius 2 is 1.85 bits per heavy atom. The van der Waals surface area contributed by atoms with Crippen molar-refractivity contribution in [3.63, 3.8) is 0 Å². The van der Waals surface area contributed by atoms with Gasteiger partial charge in [-0.1, -0.05) is 24.5 Å². The van der Waals surface area contributed by atoms with Gasteiger partial charge in [0.15, 0.2) is 0 Å². The molecule has 0 radical (unpaired) electrons. The number of aromatic nitrogens is 2. The van der Waals surface area contributed by atoms with E-state index in [-0.39, 0.29) is 23.6 Å². The van der Waals surface area contributed by atoms with Crippen LogP contribution in [-0.2, 0) is 0 Å². The van der Waals surface area contributed by atoms with Crippen molar-refractivity contribution >= 4 is 35.1 Å². The highest BCUT2D eigenvalue weighted by molar-refractivity contribution is 5.95. The molecule has 0 bridgehead atoms. The number of nitrogens with zero attached hydrogens (tertiary/aromatic N) is 2. The van der Waals surface area contributed by atoms with E-state index in [4.69, 9.17) is 4.74 Å². The van der Waals surface area contributed by atoms with Gasteiger partial charge in [-0.05, 0) is 51.0 Å². The van der Waals surface area contributed by atoms with E-state index in [0.717, 1.165) is 31.3 Å². The Hall–Kier alpha value is -4.01. The first-order chi connectivity index (χ1) is 16.4. The molecule has 1 amide bonds. The minimum atomic E-state index is -0.575. The molecule has 1 aliphatic carbocycles. The molecule has 0 saturated heterocycles. The van der Waals surface area contributed by atoms with E-state index in [2.05, 4.69) is 25.9 Å². The number of hydrogen-bond donors (Lipinski definition) is 3. The maximum atomic E-state index is 12.6. The fourth-order valence-electron chi connectivity index (χ4n) is 3.97. The summed E-state index contributed by atoms with van der Waals surface area (Å²) in [6.07, 6.45) is 7.50. The molecule has 9 nitrogen and oxygen atoms in total. The highest BCUT2D eigenvalue weighted by Gasteiger charge is 2.20. The fourth-order valence-corrected chi connectivity index (χ4v) is 3.97. The number of anilines is 4. The normalized spacial score (nSPS) is 13.5. The molecule has 3 N–H and O–H groups in total. The molecule has 1 aromatic heterocycles. The summed E-state index contributed by atoms with van der Waals surface area (Å²) in [6.45, 7) is 3.70. The molecular formula is C25H27N5O4. The Balaban J connectivity index is 1.50. The van der Waals surface area contributed by atoms with Gasteiger partial charge in [-0.2, -0.15) is 4.98 Å². The monoisotopic (exact) mass is 461 g/mol. The minimum absolute atomic E-state index is 0.126. The SMILES string of the molecule is COc1cc(C(=O)NC2CCCC2)ccc1Nc1nccc(Nc2c(C=C(C)C)c(=O)c2=O)n1. The summed E-state index contributed by atoms with van der Waals surface area (Å²) in [6, 6.07) is 6.94. The number of carbonyl (C=O) groups is 1. The zero-order valence-electron chi connectivity index (χ0n) is 19.4. The van der Waals surface area contributed by atoms with Gasteiger partial charge in [-0.3, -0.25) is 14.4 Å². The van der Waals surface area contributed by atoms with Gasteiger partial charge in [0, 0.05) is 17.8 Å². The summed E-state index contributed by atoms with van der Waals surface area (Å²) in [5.41, 5.74) is 1.46. The number of methoxy groups -OCH3 is 1. The number of rotatable bonds is 8. The van der Waals surface area contributed by atoms with Gasteiger partial charge in [0.05, 0.1) is 18.4 Å². The summed E-state index contributed by atoms with van der Waals surface area (Å²) in [4.78, 5) is 45.0. The first-order valence-electron chi connectivity index (χ1n) is 11.2. The lowest BCUT2D eigenvalue weighted by Crippen LogP contribution is -2.36. The van der Waals surface area contributed by atoms with E-state index in [1.54, 1.807) is 30.3 Å². The smallest absolute Gasteiger partial charge is 0.251 e. The van der Waals surface area contributed by atoms with E-state index < -0.39 is 10.9 Å². The van der Waals surface area contributed by atoms with Crippen LogP contribution in [0.1, 0.15) is 55.5 Å². The number of carbonyl (C=O) groups excluding carboxylic acids is 1. The Morgan fingerprint density at radius 1 is 1.09 bits per heavy atom. The third kappa shape index (κ3) is 4.98. The number of allylic oxidation sites excluding steroid dienone is 1. The molecule has 9 heteroatoms. The van der Waals surface area contributed by atoms with Crippen molar-refractivity contribution < 1.29 is 9.53 Å². The van der Waals surface area contributed by atoms with Crippen molar-refractivity contribution in [2.45, 2.75) is 45.6 Å². The Bertz CT molecular complexity index is 1310. The van der Waals surface area contributed by atoms with Crippen molar-refractivity contribution in [1.82, 2.24) is 15.3 Å². The predicted molar refractivity (Wildman–Crippen MR) is 132 cm³/mol. The maximum Gasteiger partial charge on any atom is 0.251 e. The molecule has 176 valence electrons. The van der Waals surface area contributed by atoms with Crippen molar-refractivity contribution in [2.75, 3.05) is 17.7 Å². The van der Waals surface area contributed by atoms with Gasteiger partial charge in [-0.15, -0.1) is 0 Å². The highest BCUT2D eigenvalue weighted by Crippen LogP contribution is 2.29. The quantitative estimate of drug-likeness (QED) is 0.435. The third-order valence-corrected chi connectivity index (χ3v) is 5.69. The second-order valence-electron chi connectivity index (χ2n) is 8.55. The van der Waals surface area contributed by atoms with Gasteiger partial charge in [-0.25, -0.2) is 4.98 Å². The van der Waals surface area contributed by atoms with Gasteiger partial charge in [0.2, 0.25) is 11.4 Å². The van der Waals surface area contributed by atoms with Crippen LogP contribution in [-0.4, -0.2) is 29.0 Å². The van der Waals surface area contributed by atoms with Crippen molar-refractivity contribution in [3.05, 3.63) is 67.6 Å². The number of benzene rings is 1. The van der Waals surface area contributed by atoms with E-state index in [1.165, 1.54) is 13.3 Å². The number of ether oxygens (including phenoxy) is 1. The van der Waals surface area contributed by atoms with Crippen LogP contribution < -0.4 is 31.5 Å². The van der Waals surface area contributed by atoms with Crippen LogP contribution >= 0.6 is 0 Å². The van der Waals surface area contributed by atoms with Gasteiger partial charge < -0.3 is 20.7 Å². The molecule has 1 heterocycles. The number of amides is 1. The summed E-state index contributed by atoms with van der Waals surface area (Å²) in [5, 5.41) is 9.06. The second kappa shape index (κ2) is 9.86. The third-order valence-electron chi connectivity index (χ3n) is 5.69. The van der Waals surface area contributed by atoms with Gasteiger partial charge in [0.1, 0.15) is 17.3 Å². The van der Waals surface area contributed by atoms with Crippen LogP contribution in [0, 0.1) is 0 Å². The topological polar surface area (TPSA) is 122 Å². The lowest BCUT2D eigenvalue weighted by atomic mass is 10.0. The van der Waals surface area contributed by atoms with Crippen LogP contribution in [0.4, 0.5) is 23.1 Å². The molecule has 0 spiro atoms. The average molecular weight is 462 g/mol. The standard InChI is InChI=1S/C25H27N5O4/c1-14(2)12-17-21(23(32)22(17)31)29-20-10-11-26-25(30-20)28-18-9-8-15(13-19(18)34-3)24(33)27-16-6-4-5-7-16/h8-13,16H,4-7H2,1-3H3,(H,27,33)(H2,26,28,29,30). The second-order valence-corrected chi connectivity index (χ2v) is 8.55. The molecule has 4 rings (SSSR count). The lowest BCUT2D eigenvalue weighted by Gasteiger charge is -2.15. The van der Waals surface area contributed by atoms with Crippen LogP contribution in [0.15, 0.2) is 45.6 Å². The molecular weight excluding hydrogens is 434 g/mol. The minimum Gasteiger partial charge on any atom is -0.495 e. The molecule has 0 unspecified atom stereocenters. The van der Waals surface area contributed by atoms with Gasteiger partial charge in [0.25, 0.3) is 11.3 Å².